The van der Waals surface area contributed by atoms with Crippen LogP contribution in [0.5, 0.6) is 0 Å². The normalized spacial score (nSPS) is 18.7. The van der Waals surface area contributed by atoms with Crippen molar-refractivity contribution in [3.05, 3.63) is 40.9 Å². The lowest BCUT2D eigenvalue weighted by Crippen LogP contribution is -2.46. The molecule has 1 fully saturated rings. The maximum Gasteiger partial charge on any atom is 0.490 e. The Hall–Kier alpha value is -2.10. The van der Waals surface area contributed by atoms with E-state index in [0.29, 0.717) is 25.9 Å². The number of rotatable bonds is 3. The number of hydrogen-bond acceptors (Lipinski definition) is 4. The van der Waals surface area contributed by atoms with Crippen LogP contribution >= 0.6 is 11.6 Å². The summed E-state index contributed by atoms with van der Waals surface area (Å²) >= 11 is 5.92. The van der Waals surface area contributed by atoms with Crippen LogP contribution in [0, 0.1) is 0 Å². The van der Waals surface area contributed by atoms with Gasteiger partial charge in [0.1, 0.15) is 0 Å². The molecule has 1 amide bonds. The first-order chi connectivity index (χ1) is 14.0. The molecule has 6 nitrogen and oxygen atoms in total. The molecular formula is C20H24ClF3N2O4. The van der Waals surface area contributed by atoms with Crippen LogP contribution in [-0.2, 0) is 9.59 Å². The minimum atomic E-state index is -5.08. The molecule has 3 N–H and O–H groups in total. The number of aliphatic carboxylic acids is 1. The Kier molecular flexibility index (Phi) is 8.28. The topological polar surface area (TPSA) is 89.9 Å². The Morgan fingerprint density at radius 3 is 2.20 bits per heavy atom. The number of nitrogens with zero attached hydrogens (tertiary/aromatic N) is 1. The van der Waals surface area contributed by atoms with Gasteiger partial charge in [-0.2, -0.15) is 13.2 Å². The van der Waals surface area contributed by atoms with Crippen LogP contribution in [0.1, 0.15) is 31.2 Å². The molecule has 0 aliphatic carbocycles. The molecule has 30 heavy (non-hydrogen) atoms. The minimum absolute atomic E-state index is 0.0563. The third-order valence-corrected chi connectivity index (χ3v) is 5.29. The van der Waals surface area contributed by atoms with Gasteiger partial charge in [-0.1, -0.05) is 29.8 Å². The van der Waals surface area contributed by atoms with Crippen molar-refractivity contribution in [3.8, 4) is 0 Å². The lowest BCUT2D eigenvalue weighted by molar-refractivity contribution is -0.192. The van der Waals surface area contributed by atoms with Crippen molar-refractivity contribution in [1.29, 1.82) is 0 Å². The number of aliphatic hydroxyl groups is 1. The first-order valence-corrected chi connectivity index (χ1v) is 9.84. The number of carboxylic acids is 1. The average molecular weight is 449 g/mol. The molecule has 1 saturated heterocycles. The molecule has 0 aromatic heterocycles. The molecule has 1 aromatic rings. The fourth-order valence-electron chi connectivity index (χ4n) is 3.28. The van der Waals surface area contributed by atoms with Gasteiger partial charge < -0.3 is 20.4 Å². The monoisotopic (exact) mass is 448 g/mol. The maximum atomic E-state index is 12.5. The van der Waals surface area contributed by atoms with Gasteiger partial charge in [0.25, 0.3) is 0 Å². The summed E-state index contributed by atoms with van der Waals surface area (Å²) in [6, 6.07) is 7.82. The molecule has 0 saturated carbocycles. The number of hydrogen-bond donors (Lipinski definition) is 3. The second-order valence-electron chi connectivity index (χ2n) is 7.28. The summed E-state index contributed by atoms with van der Waals surface area (Å²) in [6.45, 7) is 2.89. The van der Waals surface area contributed by atoms with Gasteiger partial charge in [-0.05, 0) is 55.6 Å². The van der Waals surface area contributed by atoms with Crippen LogP contribution in [0.15, 0.2) is 30.3 Å². The number of alkyl halides is 3. The van der Waals surface area contributed by atoms with Gasteiger partial charge in [0.15, 0.2) is 0 Å². The van der Waals surface area contributed by atoms with E-state index in [-0.39, 0.29) is 12.3 Å². The summed E-state index contributed by atoms with van der Waals surface area (Å²) in [5.41, 5.74) is 1.59. The highest BCUT2D eigenvalue weighted by Gasteiger charge is 2.38. The van der Waals surface area contributed by atoms with E-state index in [9.17, 15) is 23.1 Å². The third kappa shape index (κ3) is 7.30. The van der Waals surface area contributed by atoms with Gasteiger partial charge in [-0.15, -0.1) is 0 Å². The average Bonchev–Trinajstić information content (AvgIpc) is 2.69. The Bertz CT molecular complexity index is 775. The number of carbonyl (C=O) groups excluding carboxylic acids is 1. The van der Waals surface area contributed by atoms with E-state index in [1.54, 1.807) is 0 Å². The van der Waals surface area contributed by atoms with E-state index in [1.807, 2.05) is 29.2 Å². The van der Waals surface area contributed by atoms with Crippen LogP contribution in [0.2, 0.25) is 5.02 Å². The van der Waals surface area contributed by atoms with Crippen LogP contribution in [0.3, 0.4) is 0 Å². The predicted octanol–water partition coefficient (Wildman–Crippen LogP) is 3.09. The number of carboxylic acid groups (broad SMARTS) is 1. The van der Waals surface area contributed by atoms with Gasteiger partial charge in [0, 0.05) is 18.1 Å². The molecule has 10 heteroatoms. The third-order valence-electron chi connectivity index (χ3n) is 5.03. The van der Waals surface area contributed by atoms with Crippen molar-refractivity contribution >= 4 is 29.1 Å². The van der Waals surface area contributed by atoms with Crippen molar-refractivity contribution in [3.63, 3.8) is 0 Å². The fraction of sp³-hybridized carbons (Fsp3) is 0.500. The van der Waals surface area contributed by atoms with Gasteiger partial charge in [0.05, 0.1) is 12.0 Å². The molecule has 0 bridgehead atoms. The first-order valence-electron chi connectivity index (χ1n) is 9.46. The highest BCUT2D eigenvalue weighted by atomic mass is 35.5. The standard InChI is InChI=1S/C18H23ClN2O2.C2HF3O2/c19-16-3-1-14(2-4-16)15-5-11-21(12-6-15)17(22)13-18(23)7-9-20-10-8-18;3-2(4,5)1(6)7/h1-5,20,23H,6-13H2;(H,6,7). The number of carbonyl (C=O) groups is 2. The van der Waals surface area contributed by atoms with E-state index < -0.39 is 17.7 Å². The van der Waals surface area contributed by atoms with Gasteiger partial charge in [0.2, 0.25) is 5.91 Å². The molecule has 0 atom stereocenters. The SMILES string of the molecule is O=C(CC1(O)CCNCC1)N1CC=C(c2ccc(Cl)cc2)CC1.O=C(O)C(F)(F)F. The van der Waals surface area contributed by atoms with Crippen molar-refractivity contribution in [2.24, 2.45) is 0 Å². The van der Waals surface area contributed by atoms with Crippen LogP contribution < -0.4 is 5.32 Å². The van der Waals surface area contributed by atoms with E-state index in [0.717, 1.165) is 24.5 Å². The second-order valence-corrected chi connectivity index (χ2v) is 7.72. The van der Waals surface area contributed by atoms with Crippen molar-refractivity contribution in [1.82, 2.24) is 10.2 Å². The van der Waals surface area contributed by atoms with Gasteiger partial charge >= 0.3 is 12.1 Å². The van der Waals surface area contributed by atoms with Gasteiger partial charge in [-0.25, -0.2) is 4.79 Å². The quantitative estimate of drug-likeness (QED) is 0.661. The molecule has 2 aliphatic heterocycles. The summed E-state index contributed by atoms with van der Waals surface area (Å²) in [6.07, 6.45) is -0.597. The molecule has 3 rings (SSSR count). The zero-order valence-electron chi connectivity index (χ0n) is 16.2. The fourth-order valence-corrected chi connectivity index (χ4v) is 3.41. The number of halogens is 4. The highest BCUT2D eigenvalue weighted by Crippen LogP contribution is 2.27. The molecule has 2 aliphatic rings. The largest absolute Gasteiger partial charge is 0.490 e. The summed E-state index contributed by atoms with van der Waals surface area (Å²) in [7, 11) is 0. The molecule has 1 aromatic carbocycles. The molecular weight excluding hydrogens is 425 g/mol. The van der Waals surface area contributed by atoms with Crippen LogP contribution in [0.4, 0.5) is 13.2 Å². The minimum Gasteiger partial charge on any atom is -0.475 e. The molecule has 0 radical (unpaired) electrons. The zero-order valence-corrected chi connectivity index (χ0v) is 17.0. The Morgan fingerprint density at radius 2 is 1.73 bits per heavy atom. The number of piperidine rings is 1. The summed E-state index contributed by atoms with van der Waals surface area (Å²) in [4.78, 5) is 23.2. The summed E-state index contributed by atoms with van der Waals surface area (Å²) in [5, 5.41) is 21.6. The van der Waals surface area contributed by atoms with Crippen LogP contribution in [-0.4, -0.2) is 64.9 Å². The summed E-state index contributed by atoms with van der Waals surface area (Å²) in [5.74, 6) is -2.70. The molecule has 2 heterocycles. The molecule has 0 spiro atoms. The first kappa shape index (κ1) is 24.2. The lowest BCUT2D eigenvalue weighted by Gasteiger charge is -2.35. The van der Waals surface area contributed by atoms with E-state index in [1.165, 1.54) is 11.1 Å². The highest BCUT2D eigenvalue weighted by molar-refractivity contribution is 6.30. The smallest absolute Gasteiger partial charge is 0.475 e. The van der Waals surface area contributed by atoms with E-state index >= 15 is 0 Å². The van der Waals surface area contributed by atoms with Crippen LogP contribution in [0.25, 0.3) is 5.57 Å². The second kappa shape index (κ2) is 10.3. The summed E-state index contributed by atoms with van der Waals surface area (Å²) < 4.78 is 31.7. The van der Waals surface area contributed by atoms with E-state index in [4.69, 9.17) is 21.5 Å². The Balaban J connectivity index is 0.000000396. The zero-order chi connectivity index (χ0) is 22.4. The number of nitrogens with one attached hydrogen (secondary N) is 1. The lowest BCUT2D eigenvalue weighted by atomic mass is 9.88. The number of benzene rings is 1. The van der Waals surface area contributed by atoms with Crippen molar-refractivity contribution in [2.75, 3.05) is 26.2 Å². The van der Waals surface area contributed by atoms with Gasteiger partial charge in [-0.3, -0.25) is 4.79 Å². The Morgan fingerprint density at radius 1 is 1.17 bits per heavy atom. The van der Waals surface area contributed by atoms with Crippen molar-refractivity contribution in [2.45, 2.75) is 37.5 Å². The van der Waals surface area contributed by atoms with Crippen molar-refractivity contribution < 1.29 is 33.0 Å². The maximum absolute atomic E-state index is 12.5. The number of amides is 1. The molecule has 166 valence electrons. The predicted molar refractivity (Wildman–Crippen MR) is 106 cm³/mol. The van der Waals surface area contributed by atoms with E-state index in [2.05, 4.69) is 11.4 Å². The Labute approximate surface area is 177 Å². The molecule has 0 unspecified atom stereocenters.